The zero-order valence-corrected chi connectivity index (χ0v) is 17.9. The molecule has 0 unspecified atom stereocenters. The van der Waals surface area contributed by atoms with Gasteiger partial charge in [-0.3, -0.25) is 9.69 Å². The topological polar surface area (TPSA) is 48.1 Å². The first-order valence-corrected chi connectivity index (χ1v) is 11.3. The van der Waals surface area contributed by atoms with Gasteiger partial charge in [0.2, 0.25) is 5.91 Å². The van der Waals surface area contributed by atoms with Gasteiger partial charge >= 0.3 is 0 Å². The minimum atomic E-state index is -0.0754. The molecule has 1 amide bonds. The highest BCUT2D eigenvalue weighted by molar-refractivity contribution is 5.81. The van der Waals surface area contributed by atoms with Gasteiger partial charge in [-0.05, 0) is 71.0 Å². The van der Waals surface area contributed by atoms with Crippen molar-refractivity contribution in [1.29, 1.82) is 0 Å². The molecule has 6 heteroatoms. The largest absolute Gasteiger partial charge is 0.489 e. The highest BCUT2D eigenvalue weighted by Crippen LogP contribution is 2.30. The maximum Gasteiger partial charge on any atom is 0.237 e. The van der Waals surface area contributed by atoms with Crippen LogP contribution in [0, 0.1) is 0 Å². The first-order chi connectivity index (χ1) is 14.1. The highest BCUT2D eigenvalue weighted by atomic mass is 16.5. The Morgan fingerprint density at radius 1 is 1.00 bits per heavy atom. The van der Waals surface area contributed by atoms with E-state index >= 15 is 0 Å². The van der Waals surface area contributed by atoms with Crippen LogP contribution < -0.4 is 10.1 Å². The van der Waals surface area contributed by atoms with Crippen LogP contribution in [0.5, 0.6) is 5.75 Å². The molecule has 6 nitrogen and oxygen atoms in total. The van der Waals surface area contributed by atoms with Crippen molar-refractivity contribution in [3.8, 4) is 5.75 Å². The van der Waals surface area contributed by atoms with Gasteiger partial charge in [-0.1, -0.05) is 18.2 Å². The normalized spacial score (nSPS) is 28.5. The van der Waals surface area contributed by atoms with Crippen LogP contribution >= 0.6 is 0 Å². The standard InChI is InChI=1S/C23H36N4O2/c1-24-23(28)22-16-21(29-20-6-4-3-5-7-20)17-27(22)19-10-14-26(15-11-19)18-8-12-25(2)13-9-18/h3-7,18-19,21-22H,8-17H2,1-2H3,(H,24,28)/t21-,22-/m0/s1. The van der Waals surface area contributed by atoms with E-state index in [4.69, 9.17) is 4.74 Å². The van der Waals surface area contributed by atoms with Crippen LogP contribution in [0.4, 0.5) is 0 Å². The quantitative estimate of drug-likeness (QED) is 0.817. The molecule has 4 rings (SSSR count). The van der Waals surface area contributed by atoms with E-state index in [-0.39, 0.29) is 18.1 Å². The van der Waals surface area contributed by atoms with Crippen LogP contribution in [0.2, 0.25) is 0 Å². The van der Waals surface area contributed by atoms with Crippen molar-refractivity contribution in [1.82, 2.24) is 20.0 Å². The van der Waals surface area contributed by atoms with Crippen molar-refractivity contribution in [3.05, 3.63) is 30.3 Å². The molecule has 3 saturated heterocycles. The monoisotopic (exact) mass is 400 g/mol. The second-order valence-corrected chi connectivity index (χ2v) is 8.92. The first-order valence-electron chi connectivity index (χ1n) is 11.3. The van der Waals surface area contributed by atoms with Crippen LogP contribution in [0.15, 0.2) is 30.3 Å². The molecule has 3 aliphatic rings. The summed E-state index contributed by atoms with van der Waals surface area (Å²) in [6.45, 7) is 5.58. The van der Waals surface area contributed by atoms with E-state index in [2.05, 4.69) is 27.1 Å². The lowest BCUT2D eigenvalue weighted by molar-refractivity contribution is -0.126. The predicted molar refractivity (Wildman–Crippen MR) is 115 cm³/mol. The molecule has 0 aliphatic carbocycles. The molecule has 3 aliphatic heterocycles. The second kappa shape index (κ2) is 9.45. The molecule has 0 radical (unpaired) electrons. The van der Waals surface area contributed by atoms with Gasteiger partial charge in [0.1, 0.15) is 11.9 Å². The molecule has 0 saturated carbocycles. The molecule has 2 atom stereocenters. The Morgan fingerprint density at radius 2 is 1.66 bits per heavy atom. The van der Waals surface area contributed by atoms with Gasteiger partial charge in [-0.2, -0.15) is 0 Å². The third-order valence-electron chi connectivity index (χ3n) is 7.07. The van der Waals surface area contributed by atoms with Crippen molar-refractivity contribution in [2.45, 2.75) is 56.3 Å². The maximum atomic E-state index is 12.6. The molecule has 1 aromatic carbocycles. The minimum Gasteiger partial charge on any atom is -0.489 e. The van der Waals surface area contributed by atoms with Crippen molar-refractivity contribution in [2.24, 2.45) is 0 Å². The number of para-hydroxylation sites is 1. The average molecular weight is 401 g/mol. The van der Waals surface area contributed by atoms with Crippen molar-refractivity contribution in [2.75, 3.05) is 46.8 Å². The molecule has 0 aromatic heterocycles. The van der Waals surface area contributed by atoms with Crippen molar-refractivity contribution >= 4 is 5.91 Å². The zero-order valence-electron chi connectivity index (χ0n) is 17.9. The smallest absolute Gasteiger partial charge is 0.237 e. The zero-order chi connectivity index (χ0) is 20.2. The third kappa shape index (κ3) is 4.93. The summed E-state index contributed by atoms with van der Waals surface area (Å²) in [7, 11) is 3.97. The summed E-state index contributed by atoms with van der Waals surface area (Å²) in [5, 5.41) is 2.87. The van der Waals surface area contributed by atoms with Crippen LogP contribution in [0.3, 0.4) is 0 Å². The van der Waals surface area contributed by atoms with Gasteiger partial charge in [0.05, 0.1) is 6.04 Å². The molecule has 0 bridgehead atoms. The minimum absolute atomic E-state index is 0.0754. The van der Waals surface area contributed by atoms with Crippen LogP contribution in [-0.2, 0) is 4.79 Å². The molecular formula is C23H36N4O2. The number of likely N-dealkylation sites (N-methyl/N-ethyl adjacent to an activating group) is 1. The number of nitrogens with zero attached hydrogens (tertiary/aromatic N) is 3. The molecule has 3 fully saturated rings. The Morgan fingerprint density at radius 3 is 2.31 bits per heavy atom. The molecule has 29 heavy (non-hydrogen) atoms. The second-order valence-electron chi connectivity index (χ2n) is 8.92. The van der Waals surface area contributed by atoms with Crippen LogP contribution in [0.25, 0.3) is 0 Å². The Balaban J connectivity index is 1.35. The number of hydrogen-bond donors (Lipinski definition) is 1. The molecule has 1 N–H and O–H groups in total. The van der Waals surface area contributed by atoms with Gasteiger partial charge in [-0.15, -0.1) is 0 Å². The van der Waals surface area contributed by atoms with Crippen LogP contribution in [-0.4, -0.2) is 91.7 Å². The predicted octanol–water partition coefficient (Wildman–Crippen LogP) is 1.81. The fourth-order valence-electron chi connectivity index (χ4n) is 5.37. The fourth-order valence-corrected chi connectivity index (χ4v) is 5.37. The fraction of sp³-hybridized carbons (Fsp3) is 0.696. The number of piperidine rings is 2. The summed E-state index contributed by atoms with van der Waals surface area (Å²) >= 11 is 0. The van der Waals surface area contributed by atoms with Gasteiger partial charge in [-0.25, -0.2) is 0 Å². The van der Waals surface area contributed by atoms with Gasteiger partial charge < -0.3 is 19.9 Å². The third-order valence-corrected chi connectivity index (χ3v) is 7.07. The summed E-state index contributed by atoms with van der Waals surface area (Å²) in [5.41, 5.74) is 0. The molecule has 3 heterocycles. The average Bonchev–Trinajstić information content (AvgIpc) is 3.18. The van der Waals surface area contributed by atoms with Gasteiger partial charge in [0.25, 0.3) is 0 Å². The lowest BCUT2D eigenvalue weighted by Gasteiger charge is -2.43. The SMILES string of the molecule is CNC(=O)[C@@H]1C[C@H](Oc2ccccc2)CN1C1CCN(C2CCN(C)CC2)CC1. The van der Waals surface area contributed by atoms with E-state index in [1.807, 2.05) is 30.3 Å². The summed E-state index contributed by atoms with van der Waals surface area (Å²) in [4.78, 5) is 20.2. The number of likely N-dealkylation sites (tertiary alicyclic amines) is 3. The lowest BCUT2D eigenvalue weighted by Crippen LogP contribution is -2.53. The van der Waals surface area contributed by atoms with Crippen molar-refractivity contribution < 1.29 is 9.53 Å². The van der Waals surface area contributed by atoms with E-state index in [0.717, 1.165) is 50.7 Å². The Bertz CT molecular complexity index is 654. The molecule has 0 spiro atoms. The van der Waals surface area contributed by atoms with Crippen LogP contribution in [0.1, 0.15) is 32.1 Å². The highest BCUT2D eigenvalue weighted by Gasteiger charge is 2.42. The van der Waals surface area contributed by atoms with Crippen molar-refractivity contribution in [3.63, 3.8) is 0 Å². The summed E-state index contributed by atoms with van der Waals surface area (Å²) in [6, 6.07) is 11.1. The number of ether oxygens (including phenoxy) is 1. The Hall–Kier alpha value is -1.63. The molecular weight excluding hydrogens is 364 g/mol. The summed E-state index contributed by atoms with van der Waals surface area (Å²) in [6.07, 6.45) is 5.73. The Labute approximate surface area is 175 Å². The van der Waals surface area contributed by atoms with E-state index in [9.17, 15) is 4.79 Å². The molecule has 160 valence electrons. The number of amides is 1. The summed E-state index contributed by atoms with van der Waals surface area (Å²) in [5.74, 6) is 1.02. The summed E-state index contributed by atoms with van der Waals surface area (Å²) < 4.78 is 6.21. The van der Waals surface area contributed by atoms with Gasteiger partial charge in [0.15, 0.2) is 0 Å². The molecule has 1 aromatic rings. The van der Waals surface area contributed by atoms with E-state index in [1.54, 1.807) is 7.05 Å². The first kappa shape index (κ1) is 20.6. The lowest BCUT2D eigenvalue weighted by atomic mass is 9.96. The van der Waals surface area contributed by atoms with Gasteiger partial charge in [0, 0.05) is 32.1 Å². The number of carbonyl (C=O) groups is 1. The van der Waals surface area contributed by atoms with E-state index < -0.39 is 0 Å². The number of rotatable bonds is 5. The number of nitrogens with one attached hydrogen (secondary N) is 1. The Kier molecular flexibility index (Phi) is 6.73. The van der Waals surface area contributed by atoms with E-state index in [0.29, 0.717) is 6.04 Å². The van der Waals surface area contributed by atoms with E-state index in [1.165, 1.54) is 25.9 Å². The number of benzene rings is 1. The number of hydrogen-bond acceptors (Lipinski definition) is 5. The maximum absolute atomic E-state index is 12.6. The number of carbonyl (C=O) groups excluding carboxylic acids is 1.